The molecule has 2 aromatic carbocycles. The third-order valence-electron chi connectivity index (χ3n) is 5.21. The van der Waals surface area contributed by atoms with Gasteiger partial charge in [-0.05, 0) is 42.5 Å². The summed E-state index contributed by atoms with van der Waals surface area (Å²) < 4.78 is 32.5. The number of amides is 1. The lowest BCUT2D eigenvalue weighted by atomic mass is 10.2. The van der Waals surface area contributed by atoms with Crippen molar-refractivity contribution in [1.82, 2.24) is 19.2 Å². The Morgan fingerprint density at radius 2 is 1.65 bits per heavy atom. The molecule has 10 nitrogen and oxygen atoms in total. The van der Waals surface area contributed by atoms with Gasteiger partial charge in [0.15, 0.2) is 0 Å². The largest absolute Gasteiger partial charge is 0.497 e. The summed E-state index contributed by atoms with van der Waals surface area (Å²) in [6.07, 6.45) is 0. The van der Waals surface area contributed by atoms with Gasteiger partial charge >= 0.3 is 5.69 Å². The fraction of sp³-hybridized carbons (Fsp3) is 0.250. The maximum absolute atomic E-state index is 13.1. The van der Waals surface area contributed by atoms with E-state index in [1.807, 2.05) is 0 Å². The van der Waals surface area contributed by atoms with E-state index in [0.717, 1.165) is 0 Å². The Hall–Kier alpha value is -3.44. The first kappa shape index (κ1) is 20.8. The van der Waals surface area contributed by atoms with Gasteiger partial charge < -0.3 is 14.6 Å². The van der Waals surface area contributed by atoms with Crippen molar-refractivity contribution < 1.29 is 17.9 Å². The Balaban J connectivity index is 1.51. The first-order chi connectivity index (χ1) is 14.8. The summed E-state index contributed by atoms with van der Waals surface area (Å²) in [4.78, 5) is 42.2. The highest BCUT2D eigenvalue weighted by Crippen LogP contribution is 2.21. The van der Waals surface area contributed by atoms with E-state index in [1.54, 1.807) is 36.3 Å². The van der Waals surface area contributed by atoms with Crippen LogP contribution in [0.5, 0.6) is 5.75 Å². The van der Waals surface area contributed by atoms with Crippen molar-refractivity contribution >= 4 is 26.8 Å². The van der Waals surface area contributed by atoms with E-state index in [-0.39, 0.29) is 47.9 Å². The van der Waals surface area contributed by atoms with Crippen molar-refractivity contribution in [3.05, 3.63) is 68.9 Å². The highest BCUT2D eigenvalue weighted by Gasteiger charge is 2.30. The minimum Gasteiger partial charge on any atom is -0.497 e. The smallest absolute Gasteiger partial charge is 0.326 e. The Morgan fingerprint density at radius 3 is 2.29 bits per heavy atom. The van der Waals surface area contributed by atoms with Gasteiger partial charge in [-0.3, -0.25) is 14.6 Å². The fourth-order valence-corrected chi connectivity index (χ4v) is 4.95. The minimum absolute atomic E-state index is 0.0486. The molecule has 0 bridgehead atoms. The number of nitrogens with zero attached hydrogens (tertiary/aromatic N) is 2. The van der Waals surface area contributed by atoms with Gasteiger partial charge in [0.25, 0.3) is 11.5 Å². The number of piperazine rings is 1. The first-order valence-corrected chi connectivity index (χ1v) is 10.9. The molecule has 0 atom stereocenters. The van der Waals surface area contributed by atoms with Crippen LogP contribution in [0, 0.1) is 0 Å². The number of carbonyl (C=O) groups excluding carboxylic acids is 1. The van der Waals surface area contributed by atoms with Crippen molar-refractivity contribution in [2.75, 3.05) is 33.3 Å². The highest BCUT2D eigenvalue weighted by atomic mass is 32.2. The Bertz CT molecular complexity index is 1350. The number of ether oxygens (including phenoxy) is 1. The quantitative estimate of drug-likeness (QED) is 0.598. The van der Waals surface area contributed by atoms with Crippen LogP contribution in [0.4, 0.5) is 0 Å². The van der Waals surface area contributed by atoms with Gasteiger partial charge in [0.05, 0.1) is 22.9 Å². The molecule has 1 amide bonds. The number of hydrogen-bond acceptors (Lipinski definition) is 6. The number of methoxy groups -OCH3 is 1. The van der Waals surface area contributed by atoms with Gasteiger partial charge in [0.2, 0.25) is 10.0 Å². The molecule has 1 fully saturated rings. The highest BCUT2D eigenvalue weighted by molar-refractivity contribution is 7.89. The van der Waals surface area contributed by atoms with Gasteiger partial charge in [0.1, 0.15) is 5.75 Å². The van der Waals surface area contributed by atoms with Crippen LogP contribution in [0.1, 0.15) is 10.4 Å². The molecule has 0 radical (unpaired) electrons. The van der Waals surface area contributed by atoms with Crippen LogP contribution in [0.25, 0.3) is 10.9 Å². The van der Waals surface area contributed by atoms with Crippen LogP contribution >= 0.6 is 0 Å². The summed E-state index contributed by atoms with van der Waals surface area (Å²) in [7, 11) is -2.33. The number of sulfonamides is 1. The Labute approximate surface area is 177 Å². The van der Waals surface area contributed by atoms with E-state index >= 15 is 0 Å². The summed E-state index contributed by atoms with van der Waals surface area (Å²) in [6.45, 7) is 0.742. The standard InChI is InChI=1S/C20H20N4O6S/c1-30-14-4-2-13(3-5-14)19(26)23-8-10-24(11-9-23)31(28,29)15-6-7-17-16(12-15)18(25)22-20(27)21-17/h2-7,12H,8-11H2,1H3,(H2,21,22,25,27). The molecule has 1 saturated heterocycles. The number of H-pyrrole nitrogens is 2. The Kier molecular flexibility index (Phi) is 5.38. The predicted molar refractivity (Wildman–Crippen MR) is 113 cm³/mol. The summed E-state index contributed by atoms with van der Waals surface area (Å²) in [5.74, 6) is 0.464. The Morgan fingerprint density at radius 1 is 0.968 bits per heavy atom. The zero-order chi connectivity index (χ0) is 22.2. The number of fused-ring (bicyclic) bond motifs is 1. The van der Waals surface area contributed by atoms with Crippen LogP contribution < -0.4 is 16.0 Å². The fourth-order valence-electron chi connectivity index (χ4n) is 3.50. The van der Waals surface area contributed by atoms with E-state index in [1.165, 1.54) is 22.5 Å². The lowest BCUT2D eigenvalue weighted by Crippen LogP contribution is -2.50. The molecule has 1 aliphatic heterocycles. The van der Waals surface area contributed by atoms with Crippen LogP contribution in [0.2, 0.25) is 0 Å². The van der Waals surface area contributed by atoms with Gasteiger partial charge in [-0.15, -0.1) is 0 Å². The number of aromatic amines is 2. The van der Waals surface area contributed by atoms with Crippen molar-refractivity contribution in [3.63, 3.8) is 0 Å². The van der Waals surface area contributed by atoms with Crippen molar-refractivity contribution in [2.24, 2.45) is 0 Å². The molecule has 1 aliphatic rings. The second-order valence-electron chi connectivity index (χ2n) is 7.04. The summed E-state index contributed by atoms with van der Waals surface area (Å²) in [5.41, 5.74) is -0.570. The monoisotopic (exact) mass is 444 g/mol. The summed E-state index contributed by atoms with van der Waals surface area (Å²) >= 11 is 0. The molecule has 31 heavy (non-hydrogen) atoms. The molecule has 0 unspecified atom stereocenters. The molecule has 0 aliphatic carbocycles. The molecule has 0 saturated carbocycles. The first-order valence-electron chi connectivity index (χ1n) is 9.49. The number of benzene rings is 2. The maximum atomic E-state index is 13.1. The topological polar surface area (TPSA) is 133 Å². The number of rotatable bonds is 4. The van der Waals surface area contributed by atoms with E-state index in [0.29, 0.717) is 11.3 Å². The lowest BCUT2D eigenvalue weighted by Gasteiger charge is -2.34. The lowest BCUT2D eigenvalue weighted by molar-refractivity contribution is 0.0698. The molecule has 4 rings (SSSR count). The van der Waals surface area contributed by atoms with Crippen LogP contribution in [0.15, 0.2) is 56.9 Å². The third kappa shape index (κ3) is 3.97. The molecule has 2 N–H and O–H groups in total. The SMILES string of the molecule is COc1ccc(C(=O)N2CCN(S(=O)(=O)c3ccc4[nH]c(=O)[nH]c(=O)c4c3)CC2)cc1. The molecule has 3 aromatic rings. The molecule has 2 heterocycles. The van der Waals surface area contributed by atoms with Gasteiger partial charge in [-0.1, -0.05) is 0 Å². The number of aromatic nitrogens is 2. The minimum atomic E-state index is -3.87. The number of nitrogens with one attached hydrogen (secondary N) is 2. The predicted octanol–water partition coefficient (Wildman–Crippen LogP) is 0.372. The van der Waals surface area contributed by atoms with Crippen molar-refractivity contribution in [2.45, 2.75) is 4.90 Å². The molecular formula is C20H20N4O6S. The maximum Gasteiger partial charge on any atom is 0.326 e. The van der Waals surface area contributed by atoms with E-state index in [9.17, 15) is 22.8 Å². The average Bonchev–Trinajstić information content (AvgIpc) is 2.78. The normalized spacial score (nSPS) is 15.2. The van der Waals surface area contributed by atoms with Gasteiger partial charge in [-0.25, -0.2) is 13.2 Å². The zero-order valence-electron chi connectivity index (χ0n) is 16.6. The average molecular weight is 444 g/mol. The van der Waals surface area contributed by atoms with Crippen LogP contribution in [0.3, 0.4) is 0 Å². The van der Waals surface area contributed by atoms with Crippen LogP contribution in [-0.4, -0.2) is 66.8 Å². The summed E-state index contributed by atoms with van der Waals surface area (Å²) in [5, 5.41) is 0.0778. The van der Waals surface area contributed by atoms with Crippen molar-refractivity contribution in [1.29, 1.82) is 0 Å². The van der Waals surface area contributed by atoms with E-state index in [4.69, 9.17) is 4.74 Å². The molecule has 11 heteroatoms. The van der Waals surface area contributed by atoms with Crippen LogP contribution in [-0.2, 0) is 10.0 Å². The second-order valence-corrected chi connectivity index (χ2v) is 8.98. The second kappa shape index (κ2) is 8.00. The molecule has 162 valence electrons. The molecule has 0 spiro atoms. The molecular weight excluding hydrogens is 424 g/mol. The third-order valence-corrected chi connectivity index (χ3v) is 7.11. The van der Waals surface area contributed by atoms with Crippen molar-refractivity contribution in [3.8, 4) is 5.75 Å². The van der Waals surface area contributed by atoms with Gasteiger partial charge in [-0.2, -0.15) is 4.31 Å². The summed E-state index contributed by atoms with van der Waals surface area (Å²) in [6, 6.07) is 10.7. The van der Waals surface area contributed by atoms with E-state index in [2.05, 4.69) is 9.97 Å². The van der Waals surface area contributed by atoms with E-state index < -0.39 is 21.3 Å². The number of hydrogen-bond donors (Lipinski definition) is 2. The van der Waals surface area contributed by atoms with Gasteiger partial charge in [0, 0.05) is 31.7 Å². The zero-order valence-corrected chi connectivity index (χ0v) is 17.4. The molecule has 1 aromatic heterocycles. The number of carbonyl (C=O) groups is 1.